The van der Waals surface area contributed by atoms with Gasteiger partial charge in [0.1, 0.15) is 11.5 Å². The quantitative estimate of drug-likeness (QED) is 0.926. The number of benzene rings is 1. The van der Waals surface area contributed by atoms with E-state index in [0.29, 0.717) is 24.3 Å². The van der Waals surface area contributed by atoms with E-state index >= 15 is 0 Å². The van der Waals surface area contributed by atoms with E-state index in [-0.39, 0.29) is 10.5 Å². The van der Waals surface area contributed by atoms with Crippen molar-refractivity contribution >= 4 is 10.8 Å². The average Bonchev–Trinajstić information content (AvgIpc) is 2.69. The summed E-state index contributed by atoms with van der Waals surface area (Å²) in [5, 5.41) is 11.3. The average molecular weight is 296 g/mol. The van der Waals surface area contributed by atoms with Crippen LogP contribution in [0.1, 0.15) is 31.2 Å². The van der Waals surface area contributed by atoms with E-state index in [9.17, 15) is 9.32 Å². The standard InChI is InChI=1S/C15H20O4S/c1-18-10-3-6-13(14(7-10)19-2)15(16)8-11-4-5-12(9-15)20(11)17/h3,6-7,11-12,16H,4-5,8-9H2,1-2H3. The molecule has 1 aromatic carbocycles. The van der Waals surface area contributed by atoms with Crippen molar-refractivity contribution in [3.8, 4) is 11.5 Å². The summed E-state index contributed by atoms with van der Waals surface area (Å²) >= 11 is 0. The van der Waals surface area contributed by atoms with Crippen LogP contribution in [-0.4, -0.2) is 34.0 Å². The van der Waals surface area contributed by atoms with E-state index < -0.39 is 16.4 Å². The summed E-state index contributed by atoms with van der Waals surface area (Å²) in [7, 11) is 2.42. The molecule has 2 unspecified atom stereocenters. The molecule has 0 spiro atoms. The molecule has 0 amide bonds. The van der Waals surface area contributed by atoms with Crippen LogP contribution in [0.25, 0.3) is 0 Å². The van der Waals surface area contributed by atoms with Gasteiger partial charge in [-0.2, -0.15) is 0 Å². The lowest BCUT2D eigenvalue weighted by Crippen LogP contribution is -2.40. The molecule has 4 nitrogen and oxygen atoms in total. The molecular weight excluding hydrogens is 276 g/mol. The summed E-state index contributed by atoms with van der Waals surface area (Å²) in [6.45, 7) is 0. The highest BCUT2D eigenvalue weighted by Crippen LogP contribution is 2.48. The molecule has 1 N–H and O–H groups in total. The Morgan fingerprint density at radius 1 is 1.20 bits per heavy atom. The molecule has 2 saturated heterocycles. The van der Waals surface area contributed by atoms with Crippen molar-refractivity contribution in [2.24, 2.45) is 0 Å². The topological polar surface area (TPSA) is 55.8 Å². The second-order valence-electron chi connectivity index (χ2n) is 5.66. The summed E-state index contributed by atoms with van der Waals surface area (Å²) in [6.07, 6.45) is 3.02. The first kappa shape index (κ1) is 13.9. The number of aliphatic hydroxyl groups is 1. The van der Waals surface area contributed by atoms with E-state index in [1.807, 2.05) is 12.1 Å². The molecule has 2 aliphatic heterocycles. The van der Waals surface area contributed by atoms with Crippen LogP contribution in [0.5, 0.6) is 11.5 Å². The minimum atomic E-state index is -0.933. The van der Waals surface area contributed by atoms with Gasteiger partial charge in [-0.1, -0.05) is 0 Å². The fourth-order valence-electron chi connectivity index (χ4n) is 3.48. The lowest BCUT2D eigenvalue weighted by Gasteiger charge is -2.37. The Bertz CT molecular complexity index is 527. The van der Waals surface area contributed by atoms with E-state index in [4.69, 9.17) is 9.47 Å². The van der Waals surface area contributed by atoms with Gasteiger partial charge in [0.25, 0.3) is 0 Å². The van der Waals surface area contributed by atoms with Crippen LogP contribution in [-0.2, 0) is 16.4 Å². The number of rotatable bonds is 3. The van der Waals surface area contributed by atoms with E-state index in [2.05, 4.69) is 0 Å². The molecule has 0 aliphatic carbocycles. The highest BCUT2D eigenvalue weighted by atomic mass is 32.2. The molecule has 5 heteroatoms. The SMILES string of the molecule is COc1ccc(C2(O)CC3CCC(C2)S3=O)c(OC)c1. The zero-order valence-corrected chi connectivity index (χ0v) is 12.6. The summed E-state index contributed by atoms with van der Waals surface area (Å²) < 4.78 is 22.7. The van der Waals surface area contributed by atoms with Crippen LogP contribution in [0.2, 0.25) is 0 Å². The predicted octanol–water partition coefficient (Wildman–Crippen LogP) is 1.96. The van der Waals surface area contributed by atoms with Crippen molar-refractivity contribution < 1.29 is 18.8 Å². The van der Waals surface area contributed by atoms with Gasteiger partial charge >= 0.3 is 0 Å². The van der Waals surface area contributed by atoms with Crippen molar-refractivity contribution in [3.05, 3.63) is 23.8 Å². The molecule has 0 saturated carbocycles. The molecule has 2 aliphatic rings. The molecule has 110 valence electrons. The Morgan fingerprint density at radius 2 is 1.85 bits per heavy atom. The van der Waals surface area contributed by atoms with Gasteiger partial charge < -0.3 is 14.6 Å². The second-order valence-corrected chi connectivity index (χ2v) is 7.65. The van der Waals surface area contributed by atoms with Gasteiger partial charge in [0, 0.05) is 32.9 Å². The van der Waals surface area contributed by atoms with Crippen molar-refractivity contribution in [3.63, 3.8) is 0 Å². The van der Waals surface area contributed by atoms with E-state index in [0.717, 1.165) is 18.4 Å². The molecule has 3 rings (SSSR count). The molecular formula is C15H20O4S. The maximum absolute atomic E-state index is 12.1. The molecule has 2 heterocycles. The first-order valence-corrected chi connectivity index (χ1v) is 8.19. The van der Waals surface area contributed by atoms with Crippen LogP contribution < -0.4 is 9.47 Å². The minimum Gasteiger partial charge on any atom is -0.497 e. The predicted molar refractivity (Wildman–Crippen MR) is 77.6 cm³/mol. The van der Waals surface area contributed by atoms with Gasteiger partial charge in [-0.05, 0) is 37.8 Å². The van der Waals surface area contributed by atoms with Crippen LogP contribution in [0.15, 0.2) is 18.2 Å². The molecule has 1 aromatic rings. The van der Waals surface area contributed by atoms with E-state index in [1.54, 1.807) is 20.3 Å². The van der Waals surface area contributed by atoms with Gasteiger partial charge in [0.15, 0.2) is 0 Å². The van der Waals surface area contributed by atoms with Crippen LogP contribution in [0.3, 0.4) is 0 Å². The summed E-state index contributed by atoms with van der Waals surface area (Å²) in [6, 6.07) is 5.50. The van der Waals surface area contributed by atoms with E-state index in [1.165, 1.54) is 0 Å². The fourth-order valence-corrected chi connectivity index (χ4v) is 5.65. The van der Waals surface area contributed by atoms with Crippen LogP contribution in [0.4, 0.5) is 0 Å². The maximum Gasteiger partial charge on any atom is 0.128 e. The Hall–Kier alpha value is -1.07. The lowest BCUT2D eigenvalue weighted by atomic mass is 9.85. The smallest absolute Gasteiger partial charge is 0.128 e. The normalized spacial score (nSPS) is 35.9. The molecule has 0 radical (unpaired) electrons. The number of hydrogen-bond donors (Lipinski definition) is 1. The monoisotopic (exact) mass is 296 g/mol. The van der Waals surface area contributed by atoms with Gasteiger partial charge in [0.2, 0.25) is 0 Å². The molecule has 2 fully saturated rings. The Balaban J connectivity index is 1.98. The van der Waals surface area contributed by atoms with Crippen molar-refractivity contribution in [1.82, 2.24) is 0 Å². The maximum atomic E-state index is 12.1. The van der Waals surface area contributed by atoms with Crippen molar-refractivity contribution in [2.45, 2.75) is 41.8 Å². The lowest BCUT2D eigenvalue weighted by molar-refractivity contribution is 0.0162. The molecule has 0 aromatic heterocycles. The summed E-state index contributed by atoms with van der Waals surface area (Å²) in [5.74, 6) is 1.34. The third-order valence-electron chi connectivity index (χ3n) is 4.51. The van der Waals surface area contributed by atoms with Crippen LogP contribution in [0, 0.1) is 0 Å². The number of hydrogen-bond acceptors (Lipinski definition) is 4. The third kappa shape index (κ3) is 2.13. The van der Waals surface area contributed by atoms with Gasteiger partial charge in [-0.3, -0.25) is 4.21 Å². The Kier molecular flexibility index (Phi) is 3.50. The number of ether oxygens (including phenoxy) is 2. The zero-order chi connectivity index (χ0) is 14.3. The van der Waals surface area contributed by atoms with Crippen molar-refractivity contribution in [1.29, 1.82) is 0 Å². The highest BCUT2D eigenvalue weighted by Gasteiger charge is 2.49. The van der Waals surface area contributed by atoms with Gasteiger partial charge in [-0.15, -0.1) is 0 Å². The third-order valence-corrected chi connectivity index (χ3v) is 6.63. The first-order chi connectivity index (χ1) is 9.57. The largest absolute Gasteiger partial charge is 0.497 e. The number of methoxy groups -OCH3 is 2. The van der Waals surface area contributed by atoms with Crippen molar-refractivity contribution in [2.75, 3.05) is 14.2 Å². The Labute approximate surface area is 121 Å². The molecule has 2 bridgehead atoms. The molecule has 20 heavy (non-hydrogen) atoms. The van der Waals surface area contributed by atoms with Gasteiger partial charge in [0.05, 0.1) is 19.8 Å². The second kappa shape index (κ2) is 5.04. The van der Waals surface area contributed by atoms with Gasteiger partial charge in [-0.25, -0.2) is 0 Å². The Morgan fingerprint density at radius 3 is 2.40 bits per heavy atom. The summed E-state index contributed by atoms with van der Waals surface area (Å²) in [5.41, 5.74) is -0.147. The minimum absolute atomic E-state index is 0.116. The highest BCUT2D eigenvalue weighted by molar-refractivity contribution is 7.86. The zero-order valence-electron chi connectivity index (χ0n) is 11.8. The summed E-state index contributed by atoms with van der Waals surface area (Å²) in [4.78, 5) is 0. The number of fused-ring (bicyclic) bond motifs is 2. The first-order valence-electron chi connectivity index (χ1n) is 6.91. The fraction of sp³-hybridized carbons (Fsp3) is 0.600. The van der Waals surface area contributed by atoms with Crippen LogP contribution >= 0.6 is 0 Å². The molecule has 2 atom stereocenters.